The Morgan fingerprint density at radius 3 is 1.65 bits per heavy atom. The monoisotopic (exact) mass is 462 g/mol. The van der Waals surface area contributed by atoms with Crippen LogP contribution in [0.3, 0.4) is 0 Å². The van der Waals surface area contributed by atoms with Crippen LogP contribution in [-0.2, 0) is 28.2 Å². The van der Waals surface area contributed by atoms with Crippen molar-refractivity contribution in [1.29, 1.82) is 0 Å². The number of aliphatic hydroxyl groups excluding tert-OH is 1. The molecule has 0 spiro atoms. The average molecular weight is 463 g/mol. The van der Waals surface area contributed by atoms with Crippen molar-refractivity contribution in [2.45, 2.75) is 122 Å². The second-order valence-corrected chi connectivity index (χ2v) is 15.8. The van der Waals surface area contributed by atoms with Gasteiger partial charge in [-0.25, -0.2) is 0 Å². The fourth-order valence-electron chi connectivity index (χ4n) is 5.00. The molecule has 4 atom stereocenters. The zero-order chi connectivity index (χ0) is 24.3. The van der Waals surface area contributed by atoms with Gasteiger partial charge < -0.3 is 28.5 Å². The van der Waals surface area contributed by atoms with E-state index in [1.807, 2.05) is 13.8 Å². The molecular formula is C23H46O7Si. The highest BCUT2D eigenvalue weighted by molar-refractivity contribution is 6.77. The third-order valence-corrected chi connectivity index (χ3v) is 12.5. The molecule has 0 radical (unpaired) electrons. The van der Waals surface area contributed by atoms with Crippen molar-refractivity contribution in [3.8, 4) is 0 Å². The topological polar surface area (TPSA) is 83.5 Å². The number of hydrogen-bond acceptors (Lipinski definition) is 7. The van der Waals surface area contributed by atoms with Gasteiger partial charge >= 0.3 is 0 Å². The molecule has 0 bridgehead atoms. The van der Waals surface area contributed by atoms with Crippen molar-refractivity contribution in [3.63, 3.8) is 0 Å². The first-order valence-corrected chi connectivity index (χ1v) is 13.6. The minimum absolute atomic E-state index is 0.154. The van der Waals surface area contributed by atoms with Crippen molar-refractivity contribution < 1.29 is 33.3 Å². The van der Waals surface area contributed by atoms with Crippen LogP contribution in [-0.4, -0.2) is 69.9 Å². The Balaban J connectivity index is 3.53. The van der Waals surface area contributed by atoms with Gasteiger partial charge in [-0.3, -0.25) is 4.79 Å². The summed E-state index contributed by atoms with van der Waals surface area (Å²) in [5.41, 5.74) is 0.887. The first-order valence-electron chi connectivity index (χ1n) is 11.5. The minimum atomic E-state index is -2.41. The Hall–Kier alpha value is -0.353. The Morgan fingerprint density at radius 1 is 0.871 bits per heavy atom. The highest BCUT2D eigenvalue weighted by Crippen LogP contribution is 2.45. The van der Waals surface area contributed by atoms with E-state index in [-0.39, 0.29) is 11.7 Å². The molecule has 1 aliphatic heterocycles. The Morgan fingerprint density at radius 2 is 1.29 bits per heavy atom. The number of rotatable bonds is 11. The lowest BCUT2D eigenvalue weighted by molar-refractivity contribution is -0.313. The molecule has 0 amide bonds. The molecule has 0 aromatic rings. The first-order chi connectivity index (χ1) is 14.2. The van der Waals surface area contributed by atoms with Crippen LogP contribution in [0.4, 0.5) is 0 Å². The average Bonchev–Trinajstić information content (AvgIpc) is 2.65. The number of ether oxygens (including phenoxy) is 4. The maximum Gasteiger partial charge on any atom is 0.201 e. The quantitative estimate of drug-likeness (QED) is 0.362. The van der Waals surface area contributed by atoms with Gasteiger partial charge in [-0.15, -0.1) is 0 Å². The van der Waals surface area contributed by atoms with Crippen LogP contribution in [0.1, 0.15) is 69.2 Å². The summed E-state index contributed by atoms with van der Waals surface area (Å²) in [6, 6.07) is 0. The smallest absolute Gasteiger partial charge is 0.201 e. The molecule has 1 rings (SSSR count). The number of carbonyl (C=O) groups is 1. The number of aliphatic hydroxyl groups is 1. The third-order valence-electron chi connectivity index (χ3n) is 6.45. The first kappa shape index (κ1) is 28.7. The van der Waals surface area contributed by atoms with Crippen LogP contribution in [0.5, 0.6) is 0 Å². The minimum Gasteiger partial charge on any atom is -0.405 e. The highest BCUT2D eigenvalue weighted by Gasteiger charge is 2.55. The van der Waals surface area contributed by atoms with Crippen LogP contribution in [0.25, 0.3) is 0 Å². The molecule has 0 aromatic carbocycles. The van der Waals surface area contributed by atoms with Gasteiger partial charge in [0.25, 0.3) is 0 Å². The molecule has 0 aliphatic carbocycles. The predicted octanol–water partition coefficient (Wildman–Crippen LogP) is 4.27. The van der Waals surface area contributed by atoms with Gasteiger partial charge in [-0.1, -0.05) is 55.4 Å². The van der Waals surface area contributed by atoms with Gasteiger partial charge in [0.2, 0.25) is 8.32 Å². The largest absolute Gasteiger partial charge is 0.405 e. The van der Waals surface area contributed by atoms with E-state index in [9.17, 15) is 9.90 Å². The van der Waals surface area contributed by atoms with E-state index in [0.717, 1.165) is 0 Å². The van der Waals surface area contributed by atoms with Crippen molar-refractivity contribution in [2.24, 2.45) is 5.92 Å². The van der Waals surface area contributed by atoms with Crippen LogP contribution in [0.15, 0.2) is 0 Å². The second-order valence-electron chi connectivity index (χ2n) is 10.4. The maximum atomic E-state index is 13.5. The maximum absolute atomic E-state index is 13.5. The Kier molecular flexibility index (Phi) is 10.3. The number of ketones is 1. The van der Waals surface area contributed by atoms with Crippen LogP contribution in [0, 0.1) is 5.92 Å². The Labute approximate surface area is 190 Å². The molecule has 8 heteroatoms. The summed E-state index contributed by atoms with van der Waals surface area (Å²) in [6.07, 6.45) is -4.54. The van der Waals surface area contributed by atoms with Crippen LogP contribution in [0.2, 0.25) is 16.6 Å². The summed E-state index contributed by atoms with van der Waals surface area (Å²) >= 11 is 0. The lowest BCUT2D eigenvalue weighted by Gasteiger charge is -2.49. The molecule has 1 fully saturated rings. The van der Waals surface area contributed by atoms with Gasteiger partial charge in [0, 0.05) is 14.2 Å². The molecule has 1 N–H and O–H groups in total. The zero-order valence-electron chi connectivity index (χ0n) is 21.6. The van der Waals surface area contributed by atoms with Gasteiger partial charge in [0.15, 0.2) is 24.0 Å². The molecule has 7 nitrogen and oxygen atoms in total. The van der Waals surface area contributed by atoms with Crippen LogP contribution >= 0.6 is 0 Å². The number of Topliss-reactive ketones (excluding diaryl/α,β-unsaturated/α-hetero) is 1. The summed E-state index contributed by atoms with van der Waals surface area (Å²) in [7, 11) is 0.650. The van der Waals surface area contributed by atoms with Crippen molar-refractivity contribution in [2.75, 3.05) is 14.2 Å². The van der Waals surface area contributed by atoms with E-state index in [2.05, 4.69) is 41.5 Å². The molecule has 0 unspecified atom stereocenters. The normalized spacial score (nSPS) is 24.6. The second kappa shape index (κ2) is 11.2. The number of methoxy groups -OCH3 is 2. The summed E-state index contributed by atoms with van der Waals surface area (Å²) in [5.74, 6) is -1.58. The van der Waals surface area contributed by atoms with Crippen molar-refractivity contribution >= 4 is 14.1 Å². The van der Waals surface area contributed by atoms with Crippen molar-refractivity contribution in [3.05, 3.63) is 0 Å². The number of hydrogen-bond donors (Lipinski definition) is 1. The fourth-order valence-corrected chi connectivity index (χ4v) is 10.5. The lowest BCUT2D eigenvalue weighted by atomic mass is 9.92. The SMILES string of the molecule is COC(OC)[C@H](O[Si](C(C)C)(C(C)C)C(C)C)[C@@H]1OC(C)(C)O[C@H]([C@H](O)C(C)C)C1=O. The standard InChI is InChI=1S/C23H46O7Si/c1-13(2)17(24)19-18(25)20(29-23(9,10)28-19)21(22(26-11)27-12)30-31(14(3)4,15(5)6)16(7)8/h13-17,19-22,24H,1-12H3/t17-,19-,20-,21-/m1/s1. The molecule has 31 heavy (non-hydrogen) atoms. The summed E-state index contributed by atoms with van der Waals surface area (Å²) in [5, 5.41) is 10.7. The van der Waals surface area contributed by atoms with Crippen LogP contribution < -0.4 is 0 Å². The summed E-state index contributed by atoms with van der Waals surface area (Å²) < 4.78 is 30.2. The predicted molar refractivity (Wildman–Crippen MR) is 123 cm³/mol. The third kappa shape index (κ3) is 6.16. The molecule has 0 saturated carbocycles. The lowest BCUT2D eigenvalue weighted by Crippen LogP contribution is -2.64. The van der Waals surface area contributed by atoms with Gasteiger partial charge in [-0.05, 0) is 36.4 Å². The van der Waals surface area contributed by atoms with E-state index in [1.54, 1.807) is 13.8 Å². The molecule has 184 valence electrons. The number of carbonyl (C=O) groups excluding carboxylic acids is 1. The molecule has 1 heterocycles. The molecular weight excluding hydrogens is 416 g/mol. The van der Waals surface area contributed by atoms with Crippen molar-refractivity contribution in [1.82, 2.24) is 0 Å². The Bertz CT molecular complexity index is 550. The molecule has 0 aromatic heterocycles. The summed E-state index contributed by atoms with van der Waals surface area (Å²) in [4.78, 5) is 13.5. The van der Waals surface area contributed by atoms with E-state index < -0.39 is 44.8 Å². The van der Waals surface area contributed by atoms with E-state index in [0.29, 0.717) is 16.6 Å². The fraction of sp³-hybridized carbons (Fsp3) is 0.957. The summed E-state index contributed by atoms with van der Waals surface area (Å²) in [6.45, 7) is 20.3. The van der Waals surface area contributed by atoms with Gasteiger partial charge in [-0.2, -0.15) is 0 Å². The molecule has 1 aliphatic rings. The van der Waals surface area contributed by atoms with E-state index in [4.69, 9.17) is 23.4 Å². The van der Waals surface area contributed by atoms with E-state index >= 15 is 0 Å². The molecule has 1 saturated heterocycles. The van der Waals surface area contributed by atoms with Gasteiger partial charge in [0.1, 0.15) is 12.2 Å². The highest BCUT2D eigenvalue weighted by atomic mass is 28.4. The van der Waals surface area contributed by atoms with Gasteiger partial charge in [0.05, 0.1) is 6.10 Å². The van der Waals surface area contributed by atoms with E-state index in [1.165, 1.54) is 14.2 Å². The zero-order valence-corrected chi connectivity index (χ0v) is 22.6.